The van der Waals surface area contributed by atoms with Gasteiger partial charge in [-0.1, -0.05) is 20.8 Å². The maximum absolute atomic E-state index is 12.5. The highest BCUT2D eigenvalue weighted by molar-refractivity contribution is 5.96. The lowest BCUT2D eigenvalue weighted by Gasteiger charge is -2.27. The second-order valence-corrected chi connectivity index (χ2v) is 6.68. The number of amides is 1. The van der Waals surface area contributed by atoms with Crippen molar-refractivity contribution >= 4 is 11.6 Å². The second kappa shape index (κ2) is 4.87. The molecule has 1 saturated heterocycles. The summed E-state index contributed by atoms with van der Waals surface area (Å²) in [6.07, 6.45) is 1.10. The zero-order chi connectivity index (χ0) is 14.2. The highest BCUT2D eigenvalue weighted by atomic mass is 16.2. The Hall–Kier alpha value is -1.51. The molecule has 1 aliphatic heterocycles. The molecule has 0 spiro atoms. The molecule has 0 radical (unpaired) electrons. The van der Waals surface area contributed by atoms with Crippen LogP contribution in [0.4, 0.5) is 5.69 Å². The van der Waals surface area contributed by atoms with Gasteiger partial charge in [-0.25, -0.2) is 0 Å². The number of anilines is 1. The Labute approximate surface area is 115 Å². The number of carbonyl (C=O) groups excluding carboxylic acids is 1. The molecule has 1 atom stereocenters. The van der Waals surface area contributed by atoms with Crippen LogP contribution in [-0.2, 0) is 0 Å². The lowest BCUT2D eigenvalue weighted by Crippen LogP contribution is -2.31. The van der Waals surface area contributed by atoms with Crippen LogP contribution >= 0.6 is 0 Å². The second-order valence-electron chi connectivity index (χ2n) is 6.68. The maximum Gasteiger partial charge on any atom is 0.254 e. The van der Waals surface area contributed by atoms with Gasteiger partial charge in [-0.05, 0) is 48.4 Å². The predicted molar refractivity (Wildman–Crippen MR) is 79.1 cm³/mol. The van der Waals surface area contributed by atoms with Gasteiger partial charge in [-0.2, -0.15) is 0 Å². The molecule has 3 nitrogen and oxygen atoms in total. The molecule has 1 amide bonds. The SMILES string of the molecule is Cc1cc(N)ccc1C(=O)N1CCC(C(C)(C)C)C1. The minimum Gasteiger partial charge on any atom is -0.399 e. The van der Waals surface area contributed by atoms with Crippen molar-refractivity contribution in [3.63, 3.8) is 0 Å². The first-order valence-electron chi connectivity index (χ1n) is 6.94. The number of nitrogens with two attached hydrogens (primary N) is 1. The van der Waals surface area contributed by atoms with Gasteiger partial charge in [0.15, 0.2) is 0 Å². The van der Waals surface area contributed by atoms with E-state index >= 15 is 0 Å². The van der Waals surface area contributed by atoms with E-state index in [0.29, 0.717) is 11.6 Å². The van der Waals surface area contributed by atoms with Crippen molar-refractivity contribution in [2.24, 2.45) is 11.3 Å². The Morgan fingerprint density at radius 1 is 1.37 bits per heavy atom. The number of carbonyl (C=O) groups is 1. The van der Waals surface area contributed by atoms with Crippen molar-refractivity contribution in [2.75, 3.05) is 18.8 Å². The van der Waals surface area contributed by atoms with Gasteiger partial charge in [-0.3, -0.25) is 4.79 Å². The molecule has 1 aliphatic rings. The smallest absolute Gasteiger partial charge is 0.254 e. The molecule has 2 N–H and O–H groups in total. The van der Waals surface area contributed by atoms with Gasteiger partial charge in [0, 0.05) is 24.3 Å². The number of nitrogens with zero attached hydrogens (tertiary/aromatic N) is 1. The Bertz CT molecular complexity index is 488. The average Bonchev–Trinajstić information content (AvgIpc) is 2.76. The largest absolute Gasteiger partial charge is 0.399 e. The van der Waals surface area contributed by atoms with Crippen LogP contribution < -0.4 is 5.73 Å². The molecular formula is C16H24N2O. The molecule has 19 heavy (non-hydrogen) atoms. The van der Waals surface area contributed by atoms with Crippen LogP contribution in [0.1, 0.15) is 43.1 Å². The maximum atomic E-state index is 12.5. The van der Waals surface area contributed by atoms with Crippen LogP contribution in [-0.4, -0.2) is 23.9 Å². The van der Waals surface area contributed by atoms with Crippen LogP contribution in [0.2, 0.25) is 0 Å². The molecule has 104 valence electrons. The van der Waals surface area contributed by atoms with E-state index in [1.165, 1.54) is 0 Å². The Morgan fingerprint density at radius 3 is 2.58 bits per heavy atom. The first-order chi connectivity index (χ1) is 8.79. The van der Waals surface area contributed by atoms with Gasteiger partial charge in [0.1, 0.15) is 0 Å². The van der Waals surface area contributed by atoms with E-state index in [2.05, 4.69) is 20.8 Å². The summed E-state index contributed by atoms with van der Waals surface area (Å²) in [6.45, 7) is 10.4. The van der Waals surface area contributed by atoms with E-state index < -0.39 is 0 Å². The van der Waals surface area contributed by atoms with E-state index in [-0.39, 0.29) is 11.3 Å². The summed E-state index contributed by atoms with van der Waals surface area (Å²) in [7, 11) is 0. The first-order valence-corrected chi connectivity index (χ1v) is 6.94. The van der Waals surface area contributed by atoms with Gasteiger partial charge in [0.05, 0.1) is 0 Å². The van der Waals surface area contributed by atoms with Crippen molar-refractivity contribution in [2.45, 2.75) is 34.1 Å². The van der Waals surface area contributed by atoms with E-state index in [1.807, 2.05) is 24.0 Å². The minimum absolute atomic E-state index is 0.143. The van der Waals surface area contributed by atoms with Gasteiger partial charge >= 0.3 is 0 Å². The normalized spacial score (nSPS) is 19.8. The van der Waals surface area contributed by atoms with E-state index in [4.69, 9.17) is 5.73 Å². The molecule has 0 bridgehead atoms. The summed E-state index contributed by atoms with van der Waals surface area (Å²) in [4.78, 5) is 14.5. The fourth-order valence-corrected chi connectivity index (χ4v) is 2.75. The lowest BCUT2D eigenvalue weighted by molar-refractivity contribution is 0.0776. The van der Waals surface area contributed by atoms with Gasteiger partial charge in [0.2, 0.25) is 0 Å². The summed E-state index contributed by atoms with van der Waals surface area (Å²) in [5, 5.41) is 0. The molecule has 1 aromatic carbocycles. The van der Waals surface area contributed by atoms with Gasteiger partial charge in [0.25, 0.3) is 5.91 Å². The highest BCUT2D eigenvalue weighted by Crippen LogP contribution is 2.34. The molecule has 1 fully saturated rings. The van der Waals surface area contributed by atoms with Crippen LogP contribution in [0.25, 0.3) is 0 Å². The Morgan fingerprint density at radius 2 is 2.05 bits per heavy atom. The molecule has 2 rings (SSSR count). The average molecular weight is 260 g/mol. The third-order valence-corrected chi connectivity index (χ3v) is 4.18. The van der Waals surface area contributed by atoms with Gasteiger partial charge < -0.3 is 10.6 Å². The molecule has 1 unspecified atom stereocenters. The lowest BCUT2D eigenvalue weighted by atomic mass is 9.80. The van der Waals surface area contributed by atoms with E-state index in [0.717, 1.165) is 30.6 Å². The standard InChI is InChI=1S/C16H24N2O/c1-11-9-13(17)5-6-14(11)15(19)18-8-7-12(10-18)16(2,3)4/h5-6,9,12H,7-8,10,17H2,1-4H3. The summed E-state index contributed by atoms with van der Waals surface area (Å²) in [5.74, 6) is 0.731. The molecule has 0 aliphatic carbocycles. The van der Waals surface area contributed by atoms with Crippen molar-refractivity contribution in [1.29, 1.82) is 0 Å². The predicted octanol–water partition coefficient (Wildman–Crippen LogP) is 3.09. The summed E-state index contributed by atoms with van der Waals surface area (Å²) >= 11 is 0. The zero-order valence-corrected chi connectivity index (χ0v) is 12.4. The number of rotatable bonds is 1. The molecule has 1 aromatic rings. The van der Waals surface area contributed by atoms with E-state index in [9.17, 15) is 4.79 Å². The third kappa shape index (κ3) is 2.91. The highest BCUT2D eigenvalue weighted by Gasteiger charge is 2.34. The zero-order valence-electron chi connectivity index (χ0n) is 12.4. The first kappa shape index (κ1) is 13.9. The minimum atomic E-state index is 0.143. The van der Waals surface area contributed by atoms with Crippen molar-refractivity contribution in [3.05, 3.63) is 29.3 Å². The fourth-order valence-electron chi connectivity index (χ4n) is 2.75. The summed E-state index contributed by atoms with van der Waals surface area (Å²) < 4.78 is 0. The number of hydrogen-bond donors (Lipinski definition) is 1. The molecule has 1 heterocycles. The van der Waals surface area contributed by atoms with Crippen LogP contribution in [0.5, 0.6) is 0 Å². The number of likely N-dealkylation sites (tertiary alicyclic amines) is 1. The molecule has 0 aromatic heterocycles. The van der Waals surface area contributed by atoms with Crippen molar-refractivity contribution < 1.29 is 4.79 Å². The number of hydrogen-bond acceptors (Lipinski definition) is 2. The number of nitrogen functional groups attached to an aromatic ring is 1. The molecule has 3 heteroatoms. The van der Waals surface area contributed by atoms with Crippen molar-refractivity contribution in [3.8, 4) is 0 Å². The topological polar surface area (TPSA) is 46.3 Å². The van der Waals surface area contributed by atoms with Crippen LogP contribution in [0.3, 0.4) is 0 Å². The molecule has 0 saturated carbocycles. The number of benzene rings is 1. The Kier molecular flexibility index (Phi) is 3.57. The Balaban J connectivity index is 2.14. The van der Waals surface area contributed by atoms with Crippen LogP contribution in [0.15, 0.2) is 18.2 Å². The molecular weight excluding hydrogens is 236 g/mol. The monoisotopic (exact) mass is 260 g/mol. The van der Waals surface area contributed by atoms with Crippen molar-refractivity contribution in [1.82, 2.24) is 4.90 Å². The number of aryl methyl sites for hydroxylation is 1. The summed E-state index contributed by atoms with van der Waals surface area (Å²) in [5.41, 5.74) is 8.46. The van der Waals surface area contributed by atoms with E-state index in [1.54, 1.807) is 6.07 Å². The van der Waals surface area contributed by atoms with Gasteiger partial charge in [-0.15, -0.1) is 0 Å². The quantitative estimate of drug-likeness (QED) is 0.789. The van der Waals surface area contributed by atoms with Crippen LogP contribution in [0, 0.1) is 18.3 Å². The third-order valence-electron chi connectivity index (χ3n) is 4.18. The fraction of sp³-hybridized carbons (Fsp3) is 0.562. The summed E-state index contributed by atoms with van der Waals surface area (Å²) in [6, 6.07) is 5.51.